The zero-order valence-electron chi connectivity index (χ0n) is 17.8. The molecule has 1 aromatic carbocycles. The Morgan fingerprint density at radius 1 is 1.35 bits per heavy atom. The van der Waals surface area contributed by atoms with E-state index in [0.717, 1.165) is 46.5 Å². The van der Waals surface area contributed by atoms with E-state index >= 15 is 0 Å². The molecule has 2 amide bonds. The number of amides is 2. The summed E-state index contributed by atoms with van der Waals surface area (Å²) < 4.78 is 5.32. The van der Waals surface area contributed by atoms with E-state index < -0.39 is 0 Å². The van der Waals surface area contributed by atoms with Gasteiger partial charge in [0.25, 0.3) is 0 Å². The molecule has 3 heterocycles. The summed E-state index contributed by atoms with van der Waals surface area (Å²) in [6, 6.07) is 5.90. The number of carbonyl (C=O) groups is 2. The van der Waals surface area contributed by atoms with Crippen LogP contribution in [0.3, 0.4) is 0 Å². The molecule has 1 fully saturated rings. The number of hydrogen-bond acceptors (Lipinski definition) is 6. The molecule has 4 rings (SSSR count). The monoisotopic (exact) mass is 441 g/mol. The molecule has 2 N–H and O–H groups in total. The highest BCUT2D eigenvalue weighted by Crippen LogP contribution is 2.26. The fourth-order valence-electron chi connectivity index (χ4n) is 3.85. The Morgan fingerprint density at radius 3 is 3.03 bits per heavy atom. The van der Waals surface area contributed by atoms with Crippen LogP contribution in [-0.4, -0.2) is 52.1 Å². The van der Waals surface area contributed by atoms with Crippen molar-refractivity contribution in [2.45, 2.75) is 39.0 Å². The summed E-state index contributed by atoms with van der Waals surface area (Å²) in [5, 5.41) is 13.5. The molecule has 31 heavy (non-hydrogen) atoms. The minimum absolute atomic E-state index is 0.0125. The van der Waals surface area contributed by atoms with Crippen molar-refractivity contribution in [2.75, 3.05) is 25.5 Å². The largest absolute Gasteiger partial charge is 0.497 e. The van der Waals surface area contributed by atoms with E-state index in [1.165, 1.54) is 11.3 Å². The number of hydrogen-bond donors (Lipinski definition) is 2. The van der Waals surface area contributed by atoms with Gasteiger partial charge < -0.3 is 19.9 Å². The number of aromatic amines is 1. The van der Waals surface area contributed by atoms with Crippen LogP contribution in [0, 0.1) is 5.92 Å². The van der Waals surface area contributed by atoms with Crippen LogP contribution in [-0.2, 0) is 22.4 Å². The van der Waals surface area contributed by atoms with Crippen molar-refractivity contribution in [3.8, 4) is 5.75 Å². The summed E-state index contributed by atoms with van der Waals surface area (Å²) in [5.74, 6) is 0.291. The number of nitrogens with zero attached hydrogens (tertiary/aromatic N) is 3. The van der Waals surface area contributed by atoms with E-state index in [0.29, 0.717) is 24.6 Å². The molecular weight excluding hydrogens is 414 g/mol. The number of nitrogens with one attached hydrogen (secondary N) is 2. The molecule has 0 radical (unpaired) electrons. The van der Waals surface area contributed by atoms with Gasteiger partial charge >= 0.3 is 0 Å². The number of aromatic nitrogens is 3. The van der Waals surface area contributed by atoms with Crippen LogP contribution in [0.2, 0.25) is 0 Å². The molecule has 0 bridgehead atoms. The molecule has 0 aliphatic carbocycles. The molecular formula is C22H27N5O3S. The SMILES string of the molecule is CCCCc1nnc(NC(=O)C2CC(=O)N(CCc3c[nH]c4ccc(OC)cc34)C2)s1. The number of carbonyl (C=O) groups excluding carboxylic acids is 2. The van der Waals surface area contributed by atoms with Crippen molar-refractivity contribution in [1.29, 1.82) is 0 Å². The standard InChI is InChI=1S/C22H27N5O3S/c1-3-4-5-19-25-26-22(31-19)24-21(29)15-10-20(28)27(13-15)9-8-14-12-23-18-7-6-16(30-2)11-17(14)18/h6-7,11-12,15,23H,3-5,8-10,13H2,1-2H3,(H,24,26,29). The number of ether oxygens (including phenoxy) is 1. The molecule has 164 valence electrons. The minimum Gasteiger partial charge on any atom is -0.497 e. The number of H-pyrrole nitrogens is 1. The number of likely N-dealkylation sites (tertiary alicyclic amines) is 1. The number of benzene rings is 1. The first-order valence-electron chi connectivity index (χ1n) is 10.6. The summed E-state index contributed by atoms with van der Waals surface area (Å²) in [5.41, 5.74) is 2.17. The lowest BCUT2D eigenvalue weighted by atomic mass is 10.1. The number of fused-ring (bicyclic) bond motifs is 1. The fourth-order valence-corrected chi connectivity index (χ4v) is 4.64. The Kier molecular flexibility index (Phi) is 6.50. The Labute approximate surface area is 185 Å². The van der Waals surface area contributed by atoms with Gasteiger partial charge in [0.2, 0.25) is 16.9 Å². The van der Waals surface area contributed by atoms with Crippen molar-refractivity contribution in [2.24, 2.45) is 5.92 Å². The van der Waals surface area contributed by atoms with Gasteiger partial charge in [-0.2, -0.15) is 0 Å². The summed E-state index contributed by atoms with van der Waals surface area (Å²) in [7, 11) is 1.65. The first kappa shape index (κ1) is 21.3. The molecule has 1 saturated heterocycles. The van der Waals surface area contributed by atoms with E-state index in [-0.39, 0.29) is 24.2 Å². The average Bonchev–Trinajstić information content (AvgIpc) is 3.49. The second kappa shape index (κ2) is 9.47. The zero-order valence-corrected chi connectivity index (χ0v) is 18.6. The molecule has 8 nitrogen and oxygen atoms in total. The number of unbranched alkanes of at least 4 members (excludes halogenated alkanes) is 1. The fraction of sp³-hybridized carbons (Fsp3) is 0.455. The van der Waals surface area contributed by atoms with Gasteiger partial charge in [0, 0.05) is 43.0 Å². The van der Waals surface area contributed by atoms with Crippen LogP contribution in [0.25, 0.3) is 10.9 Å². The molecule has 1 atom stereocenters. The third-order valence-corrected chi connectivity index (χ3v) is 6.55. The van der Waals surface area contributed by atoms with Gasteiger partial charge in [0.05, 0.1) is 13.0 Å². The van der Waals surface area contributed by atoms with Crippen molar-refractivity contribution >= 4 is 39.2 Å². The van der Waals surface area contributed by atoms with Gasteiger partial charge in [-0.25, -0.2) is 0 Å². The lowest BCUT2D eigenvalue weighted by molar-refractivity contribution is -0.128. The smallest absolute Gasteiger partial charge is 0.231 e. The third-order valence-electron chi connectivity index (χ3n) is 5.65. The summed E-state index contributed by atoms with van der Waals surface area (Å²) >= 11 is 1.41. The molecule has 1 aliphatic heterocycles. The first-order chi connectivity index (χ1) is 15.1. The number of rotatable bonds is 9. The Hall–Kier alpha value is -2.94. The number of anilines is 1. The lowest BCUT2D eigenvalue weighted by Gasteiger charge is -2.16. The molecule has 3 aromatic rings. The predicted octanol–water partition coefficient (Wildman–Crippen LogP) is 3.40. The first-order valence-corrected chi connectivity index (χ1v) is 11.4. The lowest BCUT2D eigenvalue weighted by Crippen LogP contribution is -2.30. The van der Waals surface area contributed by atoms with Gasteiger partial charge in [-0.15, -0.1) is 10.2 Å². The second-order valence-electron chi connectivity index (χ2n) is 7.81. The molecule has 0 spiro atoms. The molecule has 2 aromatic heterocycles. The maximum atomic E-state index is 12.6. The Bertz CT molecular complexity index is 1080. The molecule has 1 unspecified atom stereocenters. The van der Waals surface area contributed by atoms with Crippen molar-refractivity contribution in [1.82, 2.24) is 20.1 Å². The van der Waals surface area contributed by atoms with Crippen LogP contribution in [0.1, 0.15) is 36.8 Å². The second-order valence-corrected chi connectivity index (χ2v) is 8.87. The highest BCUT2D eigenvalue weighted by Gasteiger charge is 2.34. The van der Waals surface area contributed by atoms with Crippen LogP contribution < -0.4 is 10.1 Å². The zero-order chi connectivity index (χ0) is 21.8. The Morgan fingerprint density at radius 2 is 2.23 bits per heavy atom. The summed E-state index contributed by atoms with van der Waals surface area (Å²) in [6.45, 7) is 3.13. The molecule has 9 heteroatoms. The van der Waals surface area contributed by atoms with E-state index in [2.05, 4.69) is 27.4 Å². The van der Waals surface area contributed by atoms with Gasteiger partial charge in [-0.3, -0.25) is 9.59 Å². The summed E-state index contributed by atoms with van der Waals surface area (Å²) in [6.07, 6.45) is 5.94. The average molecular weight is 442 g/mol. The number of aryl methyl sites for hydroxylation is 1. The van der Waals surface area contributed by atoms with Crippen LogP contribution in [0.5, 0.6) is 5.75 Å². The highest BCUT2D eigenvalue weighted by molar-refractivity contribution is 7.15. The van der Waals surface area contributed by atoms with Crippen molar-refractivity contribution in [3.05, 3.63) is 35.0 Å². The van der Waals surface area contributed by atoms with Crippen molar-refractivity contribution in [3.63, 3.8) is 0 Å². The number of methoxy groups -OCH3 is 1. The normalized spacial score (nSPS) is 16.3. The van der Waals surface area contributed by atoms with Gasteiger partial charge in [0.15, 0.2) is 0 Å². The van der Waals surface area contributed by atoms with Gasteiger partial charge in [0.1, 0.15) is 10.8 Å². The van der Waals surface area contributed by atoms with E-state index in [4.69, 9.17) is 4.74 Å². The molecule has 1 aliphatic rings. The van der Waals surface area contributed by atoms with Gasteiger partial charge in [-0.05, 0) is 36.6 Å². The van der Waals surface area contributed by atoms with Crippen LogP contribution >= 0.6 is 11.3 Å². The van der Waals surface area contributed by atoms with Crippen molar-refractivity contribution < 1.29 is 14.3 Å². The molecule has 0 saturated carbocycles. The van der Waals surface area contributed by atoms with E-state index in [1.807, 2.05) is 24.4 Å². The van der Waals surface area contributed by atoms with Crippen LogP contribution in [0.15, 0.2) is 24.4 Å². The minimum atomic E-state index is -0.362. The topological polar surface area (TPSA) is 100 Å². The van der Waals surface area contributed by atoms with Gasteiger partial charge in [-0.1, -0.05) is 24.7 Å². The third kappa shape index (κ3) is 4.87. The summed E-state index contributed by atoms with van der Waals surface area (Å²) in [4.78, 5) is 30.2. The van der Waals surface area contributed by atoms with E-state index in [9.17, 15) is 9.59 Å². The highest BCUT2D eigenvalue weighted by atomic mass is 32.1. The predicted molar refractivity (Wildman–Crippen MR) is 120 cm³/mol. The maximum Gasteiger partial charge on any atom is 0.231 e. The van der Waals surface area contributed by atoms with E-state index in [1.54, 1.807) is 12.0 Å². The maximum absolute atomic E-state index is 12.6. The van der Waals surface area contributed by atoms with Crippen LogP contribution in [0.4, 0.5) is 5.13 Å². The quantitative estimate of drug-likeness (QED) is 0.530. The Balaban J connectivity index is 1.33.